The maximum absolute atomic E-state index is 14.5. The lowest BCUT2D eigenvalue weighted by atomic mass is 9.97. The van der Waals surface area contributed by atoms with Crippen LogP contribution in [0.3, 0.4) is 0 Å². The maximum atomic E-state index is 14.5. The molecule has 20 heteroatoms. The highest BCUT2D eigenvalue weighted by Gasteiger charge is 2.57. The summed E-state index contributed by atoms with van der Waals surface area (Å²) in [5.41, 5.74) is 0.189. The Balaban J connectivity index is 1.08. The number of thioether (sulfide) groups is 1. The van der Waals surface area contributed by atoms with E-state index in [0.717, 1.165) is 17.3 Å². The van der Waals surface area contributed by atoms with Gasteiger partial charge in [0.2, 0.25) is 6.33 Å². The van der Waals surface area contributed by atoms with Gasteiger partial charge in [0.05, 0.1) is 47.0 Å². The van der Waals surface area contributed by atoms with Gasteiger partial charge in [0.1, 0.15) is 36.6 Å². The molecule has 0 amide bonds. The van der Waals surface area contributed by atoms with Crippen LogP contribution in [0.5, 0.6) is 0 Å². The van der Waals surface area contributed by atoms with Gasteiger partial charge in [-0.25, -0.2) is 42.7 Å². The highest BCUT2D eigenvalue weighted by Crippen LogP contribution is 2.40. The van der Waals surface area contributed by atoms with E-state index in [2.05, 4.69) is 0 Å². The number of carbonyl (C=O) groups is 7. The van der Waals surface area contributed by atoms with Crippen LogP contribution in [0.1, 0.15) is 67.7 Å². The van der Waals surface area contributed by atoms with Gasteiger partial charge in [-0.15, -0.1) is 0 Å². The van der Waals surface area contributed by atoms with Crippen LogP contribution in [0.15, 0.2) is 230 Å². The molecule has 2 aliphatic heterocycles. The molecule has 8 aromatic rings. The molecule has 10 rings (SSSR count). The highest BCUT2D eigenvalue weighted by molar-refractivity contribution is 7.99. The fourth-order valence-electron chi connectivity index (χ4n) is 9.56. The van der Waals surface area contributed by atoms with Crippen LogP contribution in [-0.4, -0.2) is 120 Å². The zero-order valence-electron chi connectivity index (χ0n) is 47.0. The molecule has 2 fully saturated rings. The number of esters is 7. The lowest BCUT2D eigenvalue weighted by Crippen LogP contribution is -2.64. The molecule has 444 valence electrons. The molecular weight excluding hydrogens is 1140 g/mol. The summed E-state index contributed by atoms with van der Waals surface area (Å²) < 4.78 is 67.6. The molecule has 0 bridgehead atoms. The Morgan fingerprint density at radius 3 is 1.18 bits per heavy atom. The number of aryl methyl sites for hydroxylation is 2. The molecule has 87 heavy (non-hydrogen) atoms. The summed E-state index contributed by atoms with van der Waals surface area (Å²) in [5.74, 6) is -6.17. The number of ether oxygens (including phenoxy) is 10. The van der Waals surface area contributed by atoms with E-state index in [9.17, 15) is 33.6 Å². The molecule has 0 spiro atoms. The molecule has 2 saturated heterocycles. The van der Waals surface area contributed by atoms with E-state index in [0.29, 0.717) is 4.90 Å². The molecule has 0 N–H and O–H groups in total. The van der Waals surface area contributed by atoms with Crippen LogP contribution in [0.25, 0.3) is 0 Å². The van der Waals surface area contributed by atoms with Gasteiger partial charge in [-0.3, -0.25) is 0 Å². The molecule has 7 aromatic carbocycles. The van der Waals surface area contributed by atoms with Crippen molar-refractivity contribution in [2.24, 2.45) is 7.05 Å². The van der Waals surface area contributed by atoms with Gasteiger partial charge in [0.15, 0.2) is 49.5 Å². The van der Waals surface area contributed by atoms with Crippen molar-refractivity contribution in [1.29, 1.82) is 0 Å². The van der Waals surface area contributed by atoms with Crippen LogP contribution in [0.2, 0.25) is 0 Å². The number of benzene rings is 7. The topological polar surface area (TPSA) is 221 Å². The molecule has 2 aliphatic rings. The van der Waals surface area contributed by atoms with E-state index in [1.165, 1.54) is 60.7 Å². The Kier molecular flexibility index (Phi) is 20.1. The molecule has 1 aromatic heterocycles. The number of hydrogen-bond donors (Lipinski definition) is 0. The smallest absolute Gasteiger partial charge is 0.348 e. The number of aromatic nitrogens is 2. The lowest BCUT2D eigenvalue weighted by Gasteiger charge is -2.46. The summed E-state index contributed by atoms with van der Waals surface area (Å²) in [7, 11) is 1.77. The Bertz CT molecular complexity index is 3620. The predicted octanol–water partition coefficient (Wildman–Crippen LogP) is 8.78. The van der Waals surface area contributed by atoms with Gasteiger partial charge in [0, 0.05) is 4.90 Å². The Labute approximate surface area is 504 Å². The summed E-state index contributed by atoms with van der Waals surface area (Å²) in [5, 5.41) is 0. The SMILES string of the molecule is Cc1ccc(SC2OC(COC3OC(COC(=O)Cn4cc[n+](C)c4)C(OC(=O)c4ccccc4)C(OC(=O)c4ccccc4)C3OC(=O)c3ccccc3)C(OC(=O)c3ccccc3)C(OC(=O)c3ccccc3)C2OC(=O)c2ccccc2)cc1. The van der Waals surface area contributed by atoms with Gasteiger partial charge < -0.3 is 47.4 Å². The van der Waals surface area contributed by atoms with Crippen molar-refractivity contribution >= 4 is 53.5 Å². The first-order valence-corrected chi connectivity index (χ1v) is 28.6. The molecule has 0 radical (unpaired) electrons. The van der Waals surface area contributed by atoms with Crippen molar-refractivity contribution in [3.05, 3.63) is 264 Å². The fraction of sp³-hybridized carbons (Fsp3) is 0.224. The quantitative estimate of drug-likeness (QED) is 0.0373. The first-order chi connectivity index (χ1) is 42.3. The second-order valence-electron chi connectivity index (χ2n) is 20.2. The van der Waals surface area contributed by atoms with E-state index in [4.69, 9.17) is 47.4 Å². The third kappa shape index (κ3) is 15.8. The normalized spacial score (nSPS) is 21.4. The predicted molar refractivity (Wildman–Crippen MR) is 311 cm³/mol. The van der Waals surface area contributed by atoms with Crippen molar-refractivity contribution in [2.45, 2.75) is 78.9 Å². The van der Waals surface area contributed by atoms with Crippen molar-refractivity contribution in [3.8, 4) is 0 Å². The van der Waals surface area contributed by atoms with Gasteiger partial charge in [-0.2, -0.15) is 0 Å². The molecule has 0 saturated carbocycles. The Hall–Kier alpha value is -9.73. The summed E-state index contributed by atoms with van der Waals surface area (Å²) in [6.45, 7) is 0.307. The monoisotopic (exact) mass is 1200 g/mol. The molecule has 3 heterocycles. The number of imidazole rings is 1. The fourth-order valence-corrected chi connectivity index (χ4v) is 10.7. The second kappa shape index (κ2) is 28.9. The number of nitrogens with zero attached hydrogens (tertiary/aromatic N) is 2. The number of hydrogen-bond acceptors (Lipinski definition) is 18. The third-order valence-corrected chi connectivity index (χ3v) is 15.1. The van der Waals surface area contributed by atoms with E-state index in [1.807, 2.05) is 31.2 Å². The average molecular weight is 1200 g/mol. The van der Waals surface area contributed by atoms with Gasteiger partial charge in [-0.1, -0.05) is 139 Å². The maximum Gasteiger partial charge on any atom is 0.348 e. The van der Waals surface area contributed by atoms with Crippen LogP contribution in [-0.2, 0) is 65.8 Å². The van der Waals surface area contributed by atoms with Crippen LogP contribution in [0, 0.1) is 6.92 Å². The highest BCUT2D eigenvalue weighted by atomic mass is 32.2. The van der Waals surface area contributed by atoms with Crippen LogP contribution < -0.4 is 4.57 Å². The summed E-state index contributed by atoms with van der Waals surface area (Å²) in [6, 6.07) is 55.1. The summed E-state index contributed by atoms with van der Waals surface area (Å²) >= 11 is 1.11. The standard InChI is InChI=1S/C67H59N2O17S/c1-43-33-35-50(36-34-43)87-67-59(86-65(76)49-31-19-8-20-32-49)57(84-63(74)47-27-15-6-16-28-47)55(82-61(72)45-23-11-4-12-24-45)52(80-67)41-78-66-58(85-64(75)48-29-17-7-18-30-48)56(83-62(73)46-25-13-5-14-26-46)54(81-60(71)44-21-9-3-10-22-44)51(79-66)40-77-53(70)39-69-38-37-68(2)42-69/h3-38,42,51-52,54-59,66-67H,39-41H2,1-2H3/q+1. The molecule has 19 nitrogen and oxygen atoms in total. The van der Waals surface area contributed by atoms with Crippen LogP contribution in [0.4, 0.5) is 0 Å². The number of carbonyl (C=O) groups excluding carboxylic acids is 7. The van der Waals surface area contributed by atoms with Crippen LogP contribution >= 0.6 is 11.8 Å². The minimum atomic E-state index is -1.86. The van der Waals surface area contributed by atoms with Gasteiger partial charge in [-0.05, 0) is 91.9 Å². The van der Waals surface area contributed by atoms with E-state index >= 15 is 0 Å². The van der Waals surface area contributed by atoms with Crippen molar-refractivity contribution in [2.75, 3.05) is 13.2 Å². The van der Waals surface area contributed by atoms with E-state index in [-0.39, 0.29) is 39.9 Å². The minimum absolute atomic E-state index is 0.0512. The van der Waals surface area contributed by atoms with Gasteiger partial charge in [0.25, 0.3) is 0 Å². The van der Waals surface area contributed by atoms with E-state index in [1.54, 1.807) is 156 Å². The van der Waals surface area contributed by atoms with Crippen molar-refractivity contribution in [1.82, 2.24) is 4.57 Å². The zero-order chi connectivity index (χ0) is 60.7. The summed E-state index contributed by atoms with van der Waals surface area (Å²) in [4.78, 5) is 101. The first kappa shape index (κ1) is 60.4. The molecule has 0 aliphatic carbocycles. The Morgan fingerprint density at radius 2 is 0.793 bits per heavy atom. The number of rotatable bonds is 21. The van der Waals surface area contributed by atoms with Gasteiger partial charge >= 0.3 is 41.8 Å². The average Bonchev–Trinajstić information content (AvgIpc) is 1.56. The Morgan fingerprint density at radius 1 is 0.437 bits per heavy atom. The first-order valence-electron chi connectivity index (χ1n) is 27.7. The van der Waals surface area contributed by atoms with E-state index < -0.39 is 116 Å². The van der Waals surface area contributed by atoms with Crippen molar-refractivity contribution in [3.63, 3.8) is 0 Å². The second-order valence-corrected chi connectivity index (χ2v) is 21.4. The van der Waals surface area contributed by atoms with Crippen molar-refractivity contribution < 1.29 is 85.5 Å². The summed E-state index contributed by atoms with van der Waals surface area (Å²) in [6.07, 6.45) is -10.1. The molecule has 10 atom stereocenters. The minimum Gasteiger partial charge on any atom is -0.460 e. The molecule has 10 unspecified atom stereocenters. The lowest BCUT2D eigenvalue weighted by molar-refractivity contribution is -0.671. The zero-order valence-corrected chi connectivity index (χ0v) is 47.8. The third-order valence-electron chi connectivity index (χ3n) is 13.9. The molecular formula is C67H59N2O17S+. The largest absolute Gasteiger partial charge is 0.460 e.